The zero-order valence-electron chi connectivity index (χ0n) is 11.1. The molecule has 0 aliphatic carbocycles. The van der Waals surface area contributed by atoms with Gasteiger partial charge in [-0.1, -0.05) is 11.6 Å². The second kappa shape index (κ2) is 5.32. The molecule has 1 aliphatic rings. The van der Waals surface area contributed by atoms with Crippen molar-refractivity contribution >= 4 is 23.5 Å². The van der Waals surface area contributed by atoms with E-state index in [1.807, 2.05) is 0 Å². The number of aliphatic carboxylic acids is 1. The van der Waals surface area contributed by atoms with Crippen LogP contribution in [0.2, 0.25) is 5.02 Å². The molecule has 108 valence electrons. The van der Waals surface area contributed by atoms with Crippen LogP contribution in [0.25, 0.3) is 0 Å². The van der Waals surface area contributed by atoms with Crippen LogP contribution in [0.4, 0.5) is 0 Å². The second-order valence-corrected chi connectivity index (χ2v) is 5.73. The highest BCUT2D eigenvalue weighted by Gasteiger charge is 2.38. The zero-order valence-corrected chi connectivity index (χ0v) is 11.9. The summed E-state index contributed by atoms with van der Waals surface area (Å²) < 4.78 is 0. The van der Waals surface area contributed by atoms with E-state index >= 15 is 0 Å². The van der Waals surface area contributed by atoms with Crippen molar-refractivity contribution in [2.24, 2.45) is 5.41 Å². The maximum absolute atomic E-state index is 12.3. The summed E-state index contributed by atoms with van der Waals surface area (Å²) in [6.07, 6.45) is 0.861. The first-order valence-corrected chi connectivity index (χ1v) is 6.72. The molecule has 0 saturated carbocycles. The van der Waals surface area contributed by atoms with Gasteiger partial charge in [0, 0.05) is 18.7 Å². The Morgan fingerprint density at radius 1 is 1.30 bits per heavy atom. The average molecular weight is 298 g/mol. The van der Waals surface area contributed by atoms with Crippen molar-refractivity contribution in [2.45, 2.75) is 19.8 Å². The van der Waals surface area contributed by atoms with Crippen LogP contribution in [0.1, 0.15) is 30.1 Å². The third-order valence-electron chi connectivity index (χ3n) is 3.87. The number of phenols is 1. The standard InChI is InChI=1S/C14H16ClNO4/c1-14(13(19)20)4-6-16(7-5-14)12(18)9-2-3-11(17)10(15)8-9/h2-3,8,17H,4-7H2,1H3,(H,19,20). The number of nitrogens with zero attached hydrogens (tertiary/aromatic N) is 1. The minimum Gasteiger partial charge on any atom is -0.506 e. The number of carbonyl (C=O) groups is 2. The number of benzene rings is 1. The predicted molar refractivity (Wildman–Crippen MR) is 74.0 cm³/mol. The molecule has 1 saturated heterocycles. The molecule has 1 aromatic rings. The Kier molecular flexibility index (Phi) is 3.90. The molecule has 1 aliphatic heterocycles. The van der Waals surface area contributed by atoms with E-state index in [9.17, 15) is 14.7 Å². The Labute approximate surface area is 121 Å². The zero-order chi connectivity index (χ0) is 14.9. The van der Waals surface area contributed by atoms with Gasteiger partial charge < -0.3 is 15.1 Å². The molecule has 2 N–H and O–H groups in total. The van der Waals surface area contributed by atoms with E-state index in [2.05, 4.69) is 0 Å². The normalized spacial score (nSPS) is 17.8. The Morgan fingerprint density at radius 2 is 1.90 bits per heavy atom. The highest BCUT2D eigenvalue weighted by atomic mass is 35.5. The Hall–Kier alpha value is -1.75. The predicted octanol–water partition coefficient (Wildman–Crippen LogP) is 2.37. The van der Waals surface area contributed by atoms with Gasteiger partial charge in [-0.05, 0) is 38.0 Å². The second-order valence-electron chi connectivity index (χ2n) is 5.32. The number of carboxylic acid groups (broad SMARTS) is 1. The van der Waals surface area contributed by atoms with E-state index < -0.39 is 11.4 Å². The van der Waals surface area contributed by atoms with Gasteiger partial charge in [0.2, 0.25) is 0 Å². The van der Waals surface area contributed by atoms with E-state index in [1.54, 1.807) is 11.8 Å². The van der Waals surface area contributed by atoms with Gasteiger partial charge in [-0.15, -0.1) is 0 Å². The van der Waals surface area contributed by atoms with Crippen molar-refractivity contribution in [3.05, 3.63) is 28.8 Å². The van der Waals surface area contributed by atoms with E-state index in [-0.39, 0.29) is 16.7 Å². The molecular weight excluding hydrogens is 282 g/mol. The van der Waals surface area contributed by atoms with Crippen molar-refractivity contribution in [3.63, 3.8) is 0 Å². The molecule has 0 radical (unpaired) electrons. The molecule has 0 aromatic heterocycles. The lowest BCUT2D eigenvalue weighted by Gasteiger charge is -2.36. The lowest BCUT2D eigenvalue weighted by atomic mass is 9.80. The molecule has 5 nitrogen and oxygen atoms in total. The number of rotatable bonds is 2. The SMILES string of the molecule is CC1(C(=O)O)CCN(C(=O)c2ccc(O)c(Cl)c2)CC1. The number of hydrogen-bond acceptors (Lipinski definition) is 3. The number of phenolic OH excluding ortho intramolecular Hbond substituents is 1. The summed E-state index contributed by atoms with van der Waals surface area (Å²) in [5.74, 6) is -1.09. The van der Waals surface area contributed by atoms with Crippen molar-refractivity contribution in [1.29, 1.82) is 0 Å². The largest absolute Gasteiger partial charge is 0.506 e. The Morgan fingerprint density at radius 3 is 2.40 bits per heavy atom. The molecule has 1 aromatic carbocycles. The topological polar surface area (TPSA) is 77.8 Å². The maximum atomic E-state index is 12.3. The first-order chi connectivity index (χ1) is 9.33. The molecular formula is C14H16ClNO4. The quantitative estimate of drug-likeness (QED) is 0.878. The molecule has 0 spiro atoms. The summed E-state index contributed by atoms with van der Waals surface area (Å²) in [6, 6.07) is 4.31. The summed E-state index contributed by atoms with van der Waals surface area (Å²) >= 11 is 5.79. The fourth-order valence-electron chi connectivity index (χ4n) is 2.24. The molecule has 0 atom stereocenters. The summed E-state index contributed by atoms with van der Waals surface area (Å²) in [5, 5.41) is 18.6. The van der Waals surface area contributed by atoms with Crippen LogP contribution in [-0.4, -0.2) is 40.1 Å². The van der Waals surface area contributed by atoms with Crippen LogP contribution in [0, 0.1) is 5.41 Å². The lowest BCUT2D eigenvalue weighted by molar-refractivity contribution is -0.150. The molecule has 0 bridgehead atoms. The van der Waals surface area contributed by atoms with Gasteiger partial charge in [0.25, 0.3) is 5.91 Å². The molecule has 6 heteroatoms. The number of hydrogen-bond donors (Lipinski definition) is 2. The van der Waals surface area contributed by atoms with Gasteiger partial charge >= 0.3 is 5.97 Å². The Bertz CT molecular complexity index is 550. The number of carbonyl (C=O) groups excluding carboxylic acids is 1. The fraction of sp³-hybridized carbons (Fsp3) is 0.429. The fourth-order valence-corrected chi connectivity index (χ4v) is 2.42. The molecule has 0 unspecified atom stereocenters. The van der Waals surface area contributed by atoms with Gasteiger partial charge in [0.15, 0.2) is 0 Å². The van der Waals surface area contributed by atoms with E-state index in [4.69, 9.17) is 16.7 Å². The van der Waals surface area contributed by atoms with Crippen LogP contribution < -0.4 is 0 Å². The van der Waals surface area contributed by atoms with Gasteiger partial charge in [0.1, 0.15) is 5.75 Å². The van der Waals surface area contributed by atoms with Crippen LogP contribution in [0.5, 0.6) is 5.75 Å². The van der Waals surface area contributed by atoms with Crippen molar-refractivity contribution in [3.8, 4) is 5.75 Å². The first-order valence-electron chi connectivity index (χ1n) is 6.35. The van der Waals surface area contributed by atoms with Crippen molar-refractivity contribution in [2.75, 3.05) is 13.1 Å². The van der Waals surface area contributed by atoms with E-state index in [0.29, 0.717) is 31.5 Å². The number of carboxylic acids is 1. The highest BCUT2D eigenvalue weighted by Crippen LogP contribution is 2.32. The van der Waals surface area contributed by atoms with Crippen LogP contribution in [0.3, 0.4) is 0 Å². The van der Waals surface area contributed by atoms with E-state index in [0.717, 1.165) is 0 Å². The highest BCUT2D eigenvalue weighted by molar-refractivity contribution is 6.32. The number of halogens is 1. The summed E-state index contributed by atoms with van der Waals surface area (Å²) in [7, 11) is 0. The Balaban J connectivity index is 2.08. The molecule has 2 rings (SSSR count). The smallest absolute Gasteiger partial charge is 0.309 e. The maximum Gasteiger partial charge on any atom is 0.309 e. The summed E-state index contributed by atoms with van der Waals surface area (Å²) in [5.41, 5.74) is -0.365. The lowest BCUT2D eigenvalue weighted by Crippen LogP contribution is -2.45. The number of aromatic hydroxyl groups is 1. The van der Waals surface area contributed by atoms with Gasteiger partial charge in [-0.3, -0.25) is 9.59 Å². The van der Waals surface area contributed by atoms with Crippen molar-refractivity contribution < 1.29 is 19.8 Å². The third-order valence-corrected chi connectivity index (χ3v) is 4.17. The molecule has 1 amide bonds. The monoisotopic (exact) mass is 297 g/mol. The number of piperidine rings is 1. The minimum atomic E-state index is -0.822. The number of amides is 1. The van der Waals surface area contributed by atoms with E-state index in [1.165, 1.54) is 18.2 Å². The average Bonchev–Trinajstić information content (AvgIpc) is 2.42. The van der Waals surface area contributed by atoms with Gasteiger partial charge in [-0.25, -0.2) is 0 Å². The summed E-state index contributed by atoms with van der Waals surface area (Å²) in [4.78, 5) is 25.1. The summed E-state index contributed by atoms with van der Waals surface area (Å²) in [6.45, 7) is 2.51. The molecule has 1 heterocycles. The third kappa shape index (κ3) is 2.72. The molecule has 1 fully saturated rings. The molecule has 20 heavy (non-hydrogen) atoms. The number of likely N-dealkylation sites (tertiary alicyclic amines) is 1. The van der Waals surface area contributed by atoms with Crippen LogP contribution in [0.15, 0.2) is 18.2 Å². The van der Waals surface area contributed by atoms with Gasteiger partial charge in [-0.2, -0.15) is 0 Å². The van der Waals surface area contributed by atoms with Crippen LogP contribution in [-0.2, 0) is 4.79 Å². The van der Waals surface area contributed by atoms with Crippen LogP contribution >= 0.6 is 11.6 Å². The van der Waals surface area contributed by atoms with Crippen molar-refractivity contribution in [1.82, 2.24) is 4.90 Å². The van der Waals surface area contributed by atoms with Gasteiger partial charge in [0.05, 0.1) is 10.4 Å². The first kappa shape index (κ1) is 14.7. The minimum absolute atomic E-state index is 0.0692.